The Kier molecular flexibility index (Phi) is 9.03. The Morgan fingerprint density at radius 1 is 0.452 bits per heavy atom. The first-order chi connectivity index (χ1) is 13.6. The fourth-order valence-electron chi connectivity index (χ4n) is 1.29. The highest BCUT2D eigenvalue weighted by atomic mass is 19.3. The van der Waals surface area contributed by atoms with Crippen molar-refractivity contribution in [3.8, 4) is 0 Å². The largest absolute Gasteiger partial charge is 0.424 e. The molecule has 0 rings (SSSR count). The van der Waals surface area contributed by atoms with E-state index in [1.807, 2.05) is 0 Å². The van der Waals surface area contributed by atoms with E-state index >= 15 is 0 Å². The summed E-state index contributed by atoms with van der Waals surface area (Å²) in [6.45, 7) is -14.3. The number of alkyl halides is 13. The Bertz CT molecular complexity index is 553. The summed E-state index contributed by atoms with van der Waals surface area (Å²) in [6, 6.07) is 0. The molecule has 0 spiro atoms. The Morgan fingerprint density at radius 3 is 0.968 bits per heavy atom. The topological polar surface area (TPSA) is 88.4 Å². The molecule has 19 heteroatoms. The first-order valence-electron chi connectivity index (χ1n) is 7.32. The minimum absolute atomic E-state index is 2.70. The van der Waals surface area contributed by atoms with Crippen LogP contribution >= 0.6 is 0 Å². The molecular weight excluding hydrogens is 487 g/mol. The summed E-state index contributed by atoms with van der Waals surface area (Å²) in [4.78, 5) is 0. The van der Waals surface area contributed by atoms with Gasteiger partial charge >= 0.3 is 36.1 Å². The van der Waals surface area contributed by atoms with E-state index < -0.39 is 75.0 Å². The van der Waals surface area contributed by atoms with Crippen LogP contribution in [0.5, 0.6) is 0 Å². The quantitative estimate of drug-likeness (QED) is 0.318. The van der Waals surface area contributed by atoms with Gasteiger partial charge in [-0.25, -0.2) is 4.39 Å². The summed E-state index contributed by atoms with van der Waals surface area (Å²) >= 11 is 0. The van der Waals surface area contributed by atoms with Crippen LogP contribution in [0, 0.1) is 0 Å². The molecule has 0 heterocycles. The summed E-state index contributed by atoms with van der Waals surface area (Å²) in [5, 5.41) is 24.3. The Balaban J connectivity index is 5.87. The molecule has 6 nitrogen and oxygen atoms in total. The molecule has 0 saturated carbocycles. The lowest BCUT2D eigenvalue weighted by atomic mass is 10.2. The molecule has 0 fully saturated rings. The van der Waals surface area contributed by atoms with E-state index in [-0.39, 0.29) is 0 Å². The monoisotopic (exact) mass is 500 g/mol. The SMILES string of the molecule is OCC(F)(F)C(F)(F)OCC(F)(COC(F)(F)C(F)(F)CO)OC(F)(F)C(F)(F)CO. The summed E-state index contributed by atoms with van der Waals surface area (Å²) in [6.07, 6.45) is -18.1. The van der Waals surface area contributed by atoms with Gasteiger partial charge in [0, 0.05) is 0 Å². The summed E-state index contributed by atoms with van der Waals surface area (Å²) < 4.78 is 179. The van der Waals surface area contributed by atoms with Gasteiger partial charge in [0.15, 0.2) is 0 Å². The number of ether oxygens (including phenoxy) is 3. The molecule has 0 bridgehead atoms. The van der Waals surface area contributed by atoms with E-state index in [1.165, 1.54) is 0 Å². The van der Waals surface area contributed by atoms with Gasteiger partial charge in [-0.2, -0.15) is 52.7 Å². The van der Waals surface area contributed by atoms with Crippen molar-refractivity contribution in [2.45, 2.75) is 41.9 Å². The van der Waals surface area contributed by atoms with Crippen LogP contribution in [0.1, 0.15) is 0 Å². The van der Waals surface area contributed by atoms with Crippen molar-refractivity contribution in [3.63, 3.8) is 0 Å². The number of hydrogen-bond donors (Lipinski definition) is 3. The van der Waals surface area contributed by atoms with Crippen LogP contribution in [0.3, 0.4) is 0 Å². The Morgan fingerprint density at radius 2 is 0.710 bits per heavy atom. The summed E-state index contributed by atoms with van der Waals surface area (Å²) in [7, 11) is 0. The third-order valence-electron chi connectivity index (χ3n) is 3.12. The van der Waals surface area contributed by atoms with Crippen molar-refractivity contribution in [3.05, 3.63) is 0 Å². The summed E-state index contributed by atoms with van der Waals surface area (Å²) in [5.41, 5.74) is 0. The minimum atomic E-state index is -6.24. The van der Waals surface area contributed by atoms with Gasteiger partial charge in [-0.1, -0.05) is 0 Å². The molecule has 0 saturated heterocycles. The average molecular weight is 500 g/mol. The van der Waals surface area contributed by atoms with Crippen molar-refractivity contribution in [2.24, 2.45) is 0 Å². The van der Waals surface area contributed by atoms with Crippen LogP contribution in [0.4, 0.5) is 57.1 Å². The van der Waals surface area contributed by atoms with Crippen LogP contribution < -0.4 is 0 Å². The zero-order chi connectivity index (χ0) is 25.2. The molecule has 0 aliphatic heterocycles. The number of hydrogen-bond acceptors (Lipinski definition) is 6. The maximum absolute atomic E-state index is 14.4. The second-order valence-electron chi connectivity index (χ2n) is 5.70. The molecule has 0 aliphatic rings. The molecular formula is C12H13F13O6. The summed E-state index contributed by atoms with van der Waals surface area (Å²) in [5.74, 6) is -22.0. The molecule has 0 aliphatic carbocycles. The molecule has 3 N–H and O–H groups in total. The first kappa shape index (κ1) is 29.8. The van der Waals surface area contributed by atoms with E-state index in [9.17, 15) is 57.1 Å². The lowest BCUT2D eigenvalue weighted by Gasteiger charge is -2.35. The van der Waals surface area contributed by atoms with E-state index in [1.54, 1.807) is 0 Å². The van der Waals surface area contributed by atoms with E-state index in [0.29, 0.717) is 0 Å². The molecule has 0 atom stereocenters. The van der Waals surface area contributed by atoms with Crippen molar-refractivity contribution in [2.75, 3.05) is 33.0 Å². The van der Waals surface area contributed by atoms with E-state index in [0.717, 1.165) is 0 Å². The molecule has 0 radical (unpaired) electrons. The predicted molar refractivity (Wildman–Crippen MR) is 67.8 cm³/mol. The highest BCUT2D eigenvalue weighted by molar-refractivity contribution is 4.84. The third-order valence-corrected chi connectivity index (χ3v) is 3.12. The predicted octanol–water partition coefficient (Wildman–Crippen LogP) is 2.36. The van der Waals surface area contributed by atoms with Crippen LogP contribution in [-0.4, -0.2) is 90.3 Å². The zero-order valence-corrected chi connectivity index (χ0v) is 14.5. The number of aliphatic hydroxyl groups excluding tert-OH is 3. The lowest BCUT2D eigenvalue weighted by Crippen LogP contribution is -2.56. The van der Waals surface area contributed by atoms with Gasteiger partial charge in [0.1, 0.15) is 33.0 Å². The molecule has 0 amide bonds. The number of halogens is 13. The normalized spacial score (nSPS) is 15.5. The van der Waals surface area contributed by atoms with Crippen molar-refractivity contribution in [1.82, 2.24) is 0 Å². The molecule has 0 aromatic rings. The van der Waals surface area contributed by atoms with Crippen LogP contribution in [-0.2, 0) is 14.2 Å². The second-order valence-corrected chi connectivity index (χ2v) is 5.70. The van der Waals surface area contributed by atoms with E-state index in [4.69, 9.17) is 15.3 Å². The molecule has 188 valence electrons. The first-order valence-corrected chi connectivity index (χ1v) is 7.32. The standard InChI is InChI=1S/C12H13F13O6/c13-6(31-12(24,25)9(18,19)3-28,4-29-10(20,21)7(14,15)1-26)5-30-11(22,23)8(16,17)2-27/h26-28H,1-5H2. The van der Waals surface area contributed by atoms with Gasteiger partial charge in [0.2, 0.25) is 0 Å². The van der Waals surface area contributed by atoms with Gasteiger partial charge in [0.25, 0.3) is 5.85 Å². The van der Waals surface area contributed by atoms with Crippen molar-refractivity contribution < 1.29 is 86.6 Å². The number of aliphatic hydroxyl groups is 3. The van der Waals surface area contributed by atoms with Gasteiger partial charge in [-0.3, -0.25) is 4.74 Å². The fourth-order valence-corrected chi connectivity index (χ4v) is 1.29. The Hall–Kier alpha value is -1.15. The fraction of sp³-hybridized carbons (Fsp3) is 1.00. The highest BCUT2D eigenvalue weighted by Gasteiger charge is 2.65. The Labute approximate surface area is 163 Å². The average Bonchev–Trinajstić information content (AvgIpc) is 2.64. The van der Waals surface area contributed by atoms with Crippen molar-refractivity contribution in [1.29, 1.82) is 0 Å². The van der Waals surface area contributed by atoms with Gasteiger partial charge in [-0.05, 0) is 0 Å². The second kappa shape index (κ2) is 9.38. The maximum Gasteiger partial charge on any atom is 0.424 e. The van der Waals surface area contributed by atoms with E-state index in [2.05, 4.69) is 14.2 Å². The van der Waals surface area contributed by atoms with Crippen LogP contribution in [0.2, 0.25) is 0 Å². The lowest BCUT2D eigenvalue weighted by molar-refractivity contribution is -0.445. The minimum Gasteiger partial charge on any atom is -0.390 e. The van der Waals surface area contributed by atoms with Crippen LogP contribution in [0.15, 0.2) is 0 Å². The van der Waals surface area contributed by atoms with Gasteiger partial charge < -0.3 is 24.8 Å². The molecule has 31 heavy (non-hydrogen) atoms. The smallest absolute Gasteiger partial charge is 0.390 e. The molecule has 0 aromatic heterocycles. The van der Waals surface area contributed by atoms with Gasteiger partial charge in [0.05, 0.1) is 0 Å². The van der Waals surface area contributed by atoms with Gasteiger partial charge in [-0.15, -0.1) is 0 Å². The molecule has 0 aromatic carbocycles. The zero-order valence-electron chi connectivity index (χ0n) is 14.5. The van der Waals surface area contributed by atoms with Crippen LogP contribution in [0.25, 0.3) is 0 Å². The molecule has 0 unspecified atom stereocenters. The van der Waals surface area contributed by atoms with Crippen molar-refractivity contribution >= 4 is 0 Å². The number of rotatable bonds is 14. The highest BCUT2D eigenvalue weighted by Crippen LogP contribution is 2.42. The maximum atomic E-state index is 14.4. The third kappa shape index (κ3) is 6.91.